The van der Waals surface area contributed by atoms with Crippen molar-refractivity contribution in [1.82, 2.24) is 10.1 Å². The number of nitrogens with zero attached hydrogens (tertiary/aromatic N) is 2. The zero-order valence-corrected chi connectivity index (χ0v) is 17.6. The average Bonchev–Trinajstić information content (AvgIpc) is 3.08. The third-order valence-corrected chi connectivity index (χ3v) is 4.70. The number of aryl methyl sites for hydroxylation is 2. The summed E-state index contributed by atoms with van der Waals surface area (Å²) in [5.41, 5.74) is 3.31. The van der Waals surface area contributed by atoms with E-state index in [9.17, 15) is 4.79 Å². The van der Waals surface area contributed by atoms with Crippen molar-refractivity contribution in [1.29, 1.82) is 0 Å². The first-order valence-corrected chi connectivity index (χ1v) is 9.70. The van der Waals surface area contributed by atoms with Gasteiger partial charge in [0.05, 0.1) is 11.3 Å². The van der Waals surface area contributed by atoms with E-state index in [1.807, 2.05) is 50.2 Å². The molecule has 1 heterocycles. The molecule has 1 amide bonds. The Kier molecular flexibility index (Phi) is 6.91. The molecule has 0 aliphatic carbocycles. The molecule has 6 nitrogen and oxygen atoms in total. The van der Waals surface area contributed by atoms with E-state index in [4.69, 9.17) is 14.0 Å². The maximum absolute atomic E-state index is 12.9. The van der Waals surface area contributed by atoms with Gasteiger partial charge in [0.2, 0.25) is 0 Å². The van der Waals surface area contributed by atoms with Gasteiger partial charge >= 0.3 is 0 Å². The van der Waals surface area contributed by atoms with Gasteiger partial charge in [-0.2, -0.15) is 0 Å². The summed E-state index contributed by atoms with van der Waals surface area (Å²) in [4.78, 5) is 14.5. The molecule has 0 aliphatic heterocycles. The Balaban J connectivity index is 1.61. The van der Waals surface area contributed by atoms with Crippen LogP contribution in [0.15, 0.2) is 65.7 Å². The van der Waals surface area contributed by atoms with Crippen LogP contribution in [0.3, 0.4) is 0 Å². The largest absolute Gasteiger partial charge is 0.490 e. The highest BCUT2D eigenvalue weighted by molar-refractivity contribution is 5.94. The number of amides is 1. The fourth-order valence-electron chi connectivity index (χ4n) is 2.99. The first-order valence-electron chi connectivity index (χ1n) is 9.70. The zero-order chi connectivity index (χ0) is 21.5. The summed E-state index contributed by atoms with van der Waals surface area (Å²) < 4.78 is 16.5. The van der Waals surface area contributed by atoms with Gasteiger partial charge in [0, 0.05) is 19.2 Å². The van der Waals surface area contributed by atoms with Crippen molar-refractivity contribution in [2.75, 3.05) is 13.7 Å². The van der Waals surface area contributed by atoms with Crippen molar-refractivity contribution >= 4 is 5.91 Å². The minimum absolute atomic E-state index is 0.0789. The SMILES string of the molecule is C=CCOc1ccc(CN(C)C(=O)c2cccc(OCc3c(C)noc3C)c2)cc1. The molecule has 1 aromatic heterocycles. The molecule has 0 saturated carbocycles. The lowest BCUT2D eigenvalue weighted by molar-refractivity contribution is 0.0784. The van der Waals surface area contributed by atoms with Crippen LogP contribution in [-0.2, 0) is 13.2 Å². The fraction of sp³-hybridized carbons (Fsp3) is 0.250. The molecule has 0 saturated heterocycles. The molecule has 0 unspecified atom stereocenters. The van der Waals surface area contributed by atoms with Crippen LogP contribution in [0, 0.1) is 13.8 Å². The lowest BCUT2D eigenvalue weighted by Crippen LogP contribution is -2.26. The summed E-state index contributed by atoms with van der Waals surface area (Å²) in [7, 11) is 1.78. The normalized spacial score (nSPS) is 10.5. The number of hydrogen-bond donors (Lipinski definition) is 0. The molecule has 0 bridgehead atoms. The standard InChI is InChI=1S/C24H26N2O4/c1-5-13-28-21-11-9-19(10-12-21)15-26(4)24(27)20-7-6-8-22(14-20)29-16-23-17(2)25-30-18(23)3/h5-12,14H,1,13,15-16H2,2-4H3. The van der Waals surface area contributed by atoms with Crippen LogP contribution in [0.5, 0.6) is 11.5 Å². The van der Waals surface area contributed by atoms with E-state index in [1.165, 1.54) is 0 Å². The number of hydrogen-bond acceptors (Lipinski definition) is 5. The molecule has 3 aromatic rings. The van der Waals surface area contributed by atoms with Crippen molar-refractivity contribution in [2.24, 2.45) is 0 Å². The zero-order valence-electron chi connectivity index (χ0n) is 17.6. The van der Waals surface area contributed by atoms with Crippen molar-refractivity contribution < 1.29 is 18.8 Å². The van der Waals surface area contributed by atoms with Crippen LogP contribution in [0.4, 0.5) is 0 Å². The van der Waals surface area contributed by atoms with Crippen molar-refractivity contribution in [3.8, 4) is 11.5 Å². The number of aromatic nitrogens is 1. The first-order chi connectivity index (χ1) is 14.5. The molecule has 0 spiro atoms. The highest BCUT2D eigenvalue weighted by Gasteiger charge is 2.14. The number of rotatable bonds is 9. The Bertz CT molecular complexity index is 989. The molecular formula is C24H26N2O4. The summed E-state index contributed by atoms with van der Waals surface area (Å²) in [6, 6.07) is 14.9. The molecule has 2 aromatic carbocycles. The van der Waals surface area contributed by atoms with Gasteiger partial charge in [-0.3, -0.25) is 4.79 Å². The molecule has 0 radical (unpaired) electrons. The van der Waals surface area contributed by atoms with E-state index in [0.29, 0.717) is 31.1 Å². The Morgan fingerprint density at radius 2 is 1.90 bits per heavy atom. The maximum atomic E-state index is 12.9. The molecule has 30 heavy (non-hydrogen) atoms. The summed E-state index contributed by atoms with van der Waals surface area (Å²) in [5.74, 6) is 2.05. The van der Waals surface area contributed by atoms with Crippen LogP contribution < -0.4 is 9.47 Å². The lowest BCUT2D eigenvalue weighted by Gasteiger charge is -2.18. The van der Waals surface area contributed by atoms with Gasteiger partial charge in [0.1, 0.15) is 30.5 Å². The minimum atomic E-state index is -0.0789. The Labute approximate surface area is 176 Å². The predicted molar refractivity (Wildman–Crippen MR) is 115 cm³/mol. The maximum Gasteiger partial charge on any atom is 0.254 e. The summed E-state index contributed by atoms with van der Waals surface area (Å²) in [6.07, 6.45) is 1.70. The highest BCUT2D eigenvalue weighted by atomic mass is 16.5. The Hall–Kier alpha value is -3.54. The van der Waals surface area contributed by atoms with Gasteiger partial charge in [-0.05, 0) is 49.7 Å². The van der Waals surface area contributed by atoms with Crippen LogP contribution >= 0.6 is 0 Å². The summed E-state index contributed by atoms with van der Waals surface area (Å²) in [6.45, 7) is 8.66. The van der Waals surface area contributed by atoms with Gasteiger partial charge in [0.25, 0.3) is 5.91 Å². The number of carbonyl (C=O) groups is 1. The topological polar surface area (TPSA) is 64.8 Å². The molecule has 0 aliphatic rings. The second-order valence-electron chi connectivity index (χ2n) is 7.02. The quantitative estimate of drug-likeness (QED) is 0.482. The number of benzene rings is 2. The monoisotopic (exact) mass is 406 g/mol. The fourth-order valence-corrected chi connectivity index (χ4v) is 2.99. The molecule has 0 N–H and O–H groups in total. The van der Waals surface area contributed by atoms with Gasteiger partial charge in [-0.1, -0.05) is 36.0 Å². The molecule has 3 rings (SSSR count). The third-order valence-electron chi connectivity index (χ3n) is 4.70. The Morgan fingerprint density at radius 3 is 2.57 bits per heavy atom. The van der Waals surface area contributed by atoms with Gasteiger partial charge < -0.3 is 18.9 Å². The highest BCUT2D eigenvalue weighted by Crippen LogP contribution is 2.20. The van der Waals surface area contributed by atoms with Crippen molar-refractivity contribution in [2.45, 2.75) is 27.0 Å². The second-order valence-corrected chi connectivity index (χ2v) is 7.02. The van der Waals surface area contributed by atoms with Crippen LogP contribution in [0.1, 0.15) is 32.9 Å². The molecular weight excluding hydrogens is 380 g/mol. The smallest absolute Gasteiger partial charge is 0.254 e. The van der Waals surface area contributed by atoms with E-state index in [-0.39, 0.29) is 5.91 Å². The van der Waals surface area contributed by atoms with E-state index < -0.39 is 0 Å². The van der Waals surface area contributed by atoms with E-state index in [1.54, 1.807) is 30.2 Å². The summed E-state index contributed by atoms with van der Waals surface area (Å²) in [5, 5.41) is 3.93. The van der Waals surface area contributed by atoms with Gasteiger partial charge in [-0.25, -0.2) is 0 Å². The van der Waals surface area contributed by atoms with Gasteiger partial charge in [-0.15, -0.1) is 0 Å². The van der Waals surface area contributed by atoms with Crippen molar-refractivity contribution in [3.05, 3.63) is 89.3 Å². The van der Waals surface area contributed by atoms with E-state index >= 15 is 0 Å². The number of carbonyl (C=O) groups excluding carboxylic acids is 1. The molecule has 0 atom stereocenters. The number of ether oxygens (including phenoxy) is 2. The molecule has 0 fully saturated rings. The molecule has 6 heteroatoms. The van der Waals surface area contributed by atoms with Crippen LogP contribution in [0.25, 0.3) is 0 Å². The minimum Gasteiger partial charge on any atom is -0.490 e. The van der Waals surface area contributed by atoms with E-state index in [0.717, 1.165) is 28.3 Å². The first kappa shape index (κ1) is 21.2. The Morgan fingerprint density at radius 1 is 1.13 bits per heavy atom. The lowest BCUT2D eigenvalue weighted by atomic mass is 10.1. The molecule has 156 valence electrons. The van der Waals surface area contributed by atoms with Crippen LogP contribution in [0.2, 0.25) is 0 Å². The summed E-state index contributed by atoms with van der Waals surface area (Å²) >= 11 is 0. The third kappa shape index (κ3) is 5.29. The second kappa shape index (κ2) is 9.78. The van der Waals surface area contributed by atoms with Crippen molar-refractivity contribution in [3.63, 3.8) is 0 Å². The van der Waals surface area contributed by atoms with Gasteiger partial charge in [0.15, 0.2) is 0 Å². The van der Waals surface area contributed by atoms with Crippen LogP contribution in [-0.4, -0.2) is 29.6 Å². The predicted octanol–water partition coefficient (Wildman–Crippen LogP) is 4.71. The van der Waals surface area contributed by atoms with E-state index in [2.05, 4.69) is 11.7 Å². The average molecular weight is 406 g/mol.